The van der Waals surface area contributed by atoms with E-state index < -0.39 is 0 Å². The van der Waals surface area contributed by atoms with Gasteiger partial charge in [-0.1, -0.05) is 0 Å². The van der Waals surface area contributed by atoms with E-state index in [0.29, 0.717) is 24.4 Å². The van der Waals surface area contributed by atoms with Gasteiger partial charge in [0, 0.05) is 44.9 Å². The van der Waals surface area contributed by atoms with Gasteiger partial charge in [-0.25, -0.2) is 0 Å². The van der Waals surface area contributed by atoms with E-state index in [-0.39, 0.29) is 0 Å². The van der Waals surface area contributed by atoms with Crippen LogP contribution in [0.5, 0.6) is 5.75 Å². The first-order valence-corrected chi connectivity index (χ1v) is 8.61. The molecule has 7 heteroatoms. The van der Waals surface area contributed by atoms with E-state index in [1.807, 2.05) is 24.3 Å². The minimum atomic E-state index is 0.493. The Morgan fingerprint density at radius 2 is 1.96 bits per heavy atom. The number of hydrogen-bond donors (Lipinski definition) is 0. The van der Waals surface area contributed by atoms with Crippen LogP contribution in [-0.4, -0.2) is 73.0 Å². The molecule has 1 aromatic heterocycles. The highest BCUT2D eigenvalue weighted by molar-refractivity contribution is 5.53. The molecule has 0 aliphatic carbocycles. The van der Waals surface area contributed by atoms with Crippen LogP contribution in [0, 0.1) is 0 Å². The number of nitrogens with zero attached hydrogens (tertiary/aromatic N) is 4. The van der Waals surface area contributed by atoms with E-state index in [4.69, 9.17) is 13.9 Å². The molecule has 0 spiro atoms. The molecule has 2 heterocycles. The van der Waals surface area contributed by atoms with Crippen LogP contribution in [0.1, 0.15) is 12.8 Å². The van der Waals surface area contributed by atoms with Gasteiger partial charge in [0.25, 0.3) is 0 Å². The largest absolute Gasteiger partial charge is 0.497 e. The molecule has 1 atom stereocenters. The van der Waals surface area contributed by atoms with Crippen LogP contribution in [0.15, 0.2) is 28.7 Å². The lowest BCUT2D eigenvalue weighted by atomic mass is 10.2. The predicted molar refractivity (Wildman–Crippen MR) is 94.5 cm³/mol. The molecule has 1 fully saturated rings. The quantitative estimate of drug-likeness (QED) is 0.758. The molecule has 1 aromatic carbocycles. The summed E-state index contributed by atoms with van der Waals surface area (Å²) >= 11 is 0. The van der Waals surface area contributed by atoms with E-state index >= 15 is 0 Å². The fourth-order valence-corrected chi connectivity index (χ4v) is 3.11. The van der Waals surface area contributed by atoms with Gasteiger partial charge in [-0.3, -0.25) is 9.80 Å². The normalized spacial score (nSPS) is 19.2. The lowest BCUT2D eigenvalue weighted by molar-refractivity contribution is 0.0522. The zero-order chi connectivity index (χ0) is 17.6. The summed E-state index contributed by atoms with van der Waals surface area (Å²) in [5, 5.41) is 8.37. The van der Waals surface area contributed by atoms with Crippen LogP contribution in [0.4, 0.5) is 0 Å². The highest BCUT2D eigenvalue weighted by Gasteiger charge is 2.24. The van der Waals surface area contributed by atoms with E-state index in [2.05, 4.69) is 26.9 Å². The number of ether oxygens (including phenoxy) is 2. The van der Waals surface area contributed by atoms with Gasteiger partial charge < -0.3 is 13.9 Å². The van der Waals surface area contributed by atoms with E-state index in [1.165, 1.54) is 0 Å². The van der Waals surface area contributed by atoms with Gasteiger partial charge in [0.05, 0.1) is 20.3 Å². The van der Waals surface area contributed by atoms with Gasteiger partial charge in [0.1, 0.15) is 5.75 Å². The van der Waals surface area contributed by atoms with Gasteiger partial charge in [0.2, 0.25) is 11.8 Å². The van der Waals surface area contributed by atoms with Crippen molar-refractivity contribution in [2.75, 3.05) is 47.0 Å². The molecule has 7 nitrogen and oxygen atoms in total. The van der Waals surface area contributed by atoms with Gasteiger partial charge in [-0.15, -0.1) is 10.2 Å². The number of hydrogen-bond acceptors (Lipinski definition) is 7. The van der Waals surface area contributed by atoms with Crippen molar-refractivity contribution >= 4 is 0 Å². The van der Waals surface area contributed by atoms with Gasteiger partial charge in [-0.2, -0.15) is 0 Å². The van der Waals surface area contributed by atoms with Crippen molar-refractivity contribution < 1.29 is 13.9 Å². The van der Waals surface area contributed by atoms with E-state index in [1.54, 1.807) is 14.2 Å². The Hall–Kier alpha value is -1.96. The van der Waals surface area contributed by atoms with Gasteiger partial charge in [-0.05, 0) is 31.2 Å². The van der Waals surface area contributed by atoms with Crippen LogP contribution < -0.4 is 4.74 Å². The molecule has 0 bridgehead atoms. The molecule has 136 valence electrons. The lowest BCUT2D eigenvalue weighted by Crippen LogP contribution is -2.52. The average molecular weight is 346 g/mol. The Bertz CT molecular complexity index is 659. The van der Waals surface area contributed by atoms with Crippen molar-refractivity contribution in [3.8, 4) is 17.2 Å². The Labute approximate surface area is 148 Å². The van der Waals surface area contributed by atoms with Crippen LogP contribution in [0.2, 0.25) is 0 Å². The summed E-state index contributed by atoms with van der Waals surface area (Å²) in [7, 11) is 3.40. The standard InChI is InChI=1S/C18H26N4O3/c1-14-12-21(8-9-22(14)10-11-23-2)13-17-19-20-18(25-17)15-4-6-16(24-3)7-5-15/h4-7,14H,8-13H2,1-3H3/t14-/m0/s1. The first-order valence-electron chi connectivity index (χ1n) is 8.61. The maximum absolute atomic E-state index is 5.83. The van der Waals surface area contributed by atoms with Crippen molar-refractivity contribution in [2.45, 2.75) is 19.5 Å². The first kappa shape index (κ1) is 17.8. The lowest BCUT2D eigenvalue weighted by Gasteiger charge is -2.39. The molecule has 0 radical (unpaired) electrons. The third kappa shape index (κ3) is 4.56. The Balaban J connectivity index is 1.56. The summed E-state index contributed by atoms with van der Waals surface area (Å²) < 4.78 is 16.2. The number of piperazine rings is 1. The van der Waals surface area contributed by atoms with E-state index in [0.717, 1.165) is 44.1 Å². The summed E-state index contributed by atoms with van der Waals surface area (Å²) in [4.78, 5) is 4.82. The van der Waals surface area contributed by atoms with Gasteiger partial charge >= 0.3 is 0 Å². The minimum absolute atomic E-state index is 0.493. The summed E-state index contributed by atoms with van der Waals surface area (Å²) in [5.41, 5.74) is 0.900. The van der Waals surface area contributed by atoms with Crippen LogP contribution >= 0.6 is 0 Å². The molecular weight excluding hydrogens is 320 g/mol. The molecule has 25 heavy (non-hydrogen) atoms. The maximum Gasteiger partial charge on any atom is 0.247 e. The third-order valence-electron chi connectivity index (χ3n) is 4.59. The highest BCUT2D eigenvalue weighted by atomic mass is 16.5. The highest BCUT2D eigenvalue weighted by Crippen LogP contribution is 2.22. The first-order chi connectivity index (χ1) is 12.2. The summed E-state index contributed by atoms with van der Waals surface area (Å²) in [6, 6.07) is 8.12. The smallest absolute Gasteiger partial charge is 0.247 e. The minimum Gasteiger partial charge on any atom is -0.497 e. The Morgan fingerprint density at radius 1 is 1.16 bits per heavy atom. The average Bonchev–Trinajstić information content (AvgIpc) is 3.09. The molecule has 1 aliphatic heterocycles. The number of methoxy groups -OCH3 is 2. The second-order valence-corrected chi connectivity index (χ2v) is 6.34. The summed E-state index contributed by atoms with van der Waals surface area (Å²) in [6.07, 6.45) is 0. The van der Waals surface area contributed by atoms with Crippen molar-refractivity contribution in [1.82, 2.24) is 20.0 Å². The van der Waals surface area contributed by atoms with Crippen molar-refractivity contribution in [3.63, 3.8) is 0 Å². The molecular formula is C18H26N4O3. The molecule has 1 saturated heterocycles. The Morgan fingerprint density at radius 3 is 2.64 bits per heavy atom. The molecule has 0 unspecified atom stereocenters. The van der Waals surface area contributed by atoms with Crippen LogP contribution in [0.25, 0.3) is 11.5 Å². The molecule has 0 amide bonds. The molecule has 1 aliphatic rings. The van der Waals surface area contributed by atoms with Crippen molar-refractivity contribution in [2.24, 2.45) is 0 Å². The number of aromatic nitrogens is 2. The van der Waals surface area contributed by atoms with Crippen LogP contribution in [-0.2, 0) is 11.3 Å². The predicted octanol–water partition coefficient (Wildman–Crippen LogP) is 1.90. The zero-order valence-corrected chi connectivity index (χ0v) is 15.1. The number of rotatable bonds is 7. The maximum atomic E-state index is 5.83. The molecule has 0 saturated carbocycles. The number of benzene rings is 1. The topological polar surface area (TPSA) is 63.9 Å². The van der Waals surface area contributed by atoms with Crippen LogP contribution in [0.3, 0.4) is 0 Å². The summed E-state index contributed by atoms with van der Waals surface area (Å²) in [6.45, 7) is 7.71. The molecule has 0 N–H and O–H groups in total. The molecule has 3 rings (SSSR count). The van der Waals surface area contributed by atoms with Crippen molar-refractivity contribution in [1.29, 1.82) is 0 Å². The summed E-state index contributed by atoms with van der Waals surface area (Å²) in [5.74, 6) is 2.01. The van der Waals surface area contributed by atoms with Gasteiger partial charge in [0.15, 0.2) is 0 Å². The zero-order valence-electron chi connectivity index (χ0n) is 15.1. The molecule has 2 aromatic rings. The second-order valence-electron chi connectivity index (χ2n) is 6.34. The SMILES string of the molecule is COCCN1CCN(Cc2nnc(-c3ccc(OC)cc3)o2)C[C@@H]1C. The van der Waals surface area contributed by atoms with Crippen molar-refractivity contribution in [3.05, 3.63) is 30.2 Å². The fourth-order valence-electron chi connectivity index (χ4n) is 3.11. The Kier molecular flexibility index (Phi) is 6.01. The monoisotopic (exact) mass is 346 g/mol. The van der Waals surface area contributed by atoms with E-state index in [9.17, 15) is 0 Å². The fraction of sp³-hybridized carbons (Fsp3) is 0.556. The third-order valence-corrected chi connectivity index (χ3v) is 4.59. The second kappa shape index (κ2) is 8.42.